The van der Waals surface area contributed by atoms with Crippen LogP contribution in [0.2, 0.25) is 0 Å². The molecule has 0 aromatic carbocycles. The molecule has 2 unspecified atom stereocenters. The van der Waals surface area contributed by atoms with Crippen LogP contribution in [0.1, 0.15) is 62.0 Å². The molecular formula is C15H21NO2. The Morgan fingerprint density at radius 1 is 0.944 bits per heavy atom. The van der Waals surface area contributed by atoms with Crippen molar-refractivity contribution in [2.45, 2.75) is 50.7 Å². The molecule has 98 valence electrons. The largest absolute Gasteiger partial charge is 0.373 e. The minimum Gasteiger partial charge on any atom is -0.373 e. The minimum absolute atomic E-state index is 0.181. The predicted molar refractivity (Wildman–Crippen MR) is 69.3 cm³/mol. The van der Waals surface area contributed by atoms with Crippen molar-refractivity contribution in [3.63, 3.8) is 0 Å². The third-order valence-corrected chi connectivity index (χ3v) is 3.88. The van der Waals surface area contributed by atoms with Gasteiger partial charge in [0.2, 0.25) is 0 Å². The summed E-state index contributed by atoms with van der Waals surface area (Å²) in [7, 11) is 0. The molecule has 0 amide bonds. The maximum absolute atomic E-state index is 5.90. The van der Waals surface area contributed by atoms with E-state index in [-0.39, 0.29) is 12.2 Å². The lowest BCUT2D eigenvalue weighted by molar-refractivity contribution is -0.00268. The van der Waals surface area contributed by atoms with Crippen molar-refractivity contribution in [3.8, 4) is 0 Å². The van der Waals surface area contributed by atoms with E-state index >= 15 is 0 Å². The van der Waals surface area contributed by atoms with Gasteiger partial charge in [-0.1, -0.05) is 6.07 Å². The third kappa shape index (κ3) is 2.57. The number of hydrogen-bond acceptors (Lipinski definition) is 3. The van der Waals surface area contributed by atoms with Crippen molar-refractivity contribution < 1.29 is 9.47 Å². The fourth-order valence-electron chi connectivity index (χ4n) is 2.91. The highest BCUT2D eigenvalue weighted by molar-refractivity contribution is 5.25. The van der Waals surface area contributed by atoms with E-state index in [1.54, 1.807) is 0 Å². The summed E-state index contributed by atoms with van der Waals surface area (Å²) in [4.78, 5) is 4.57. The van der Waals surface area contributed by atoms with Crippen LogP contribution in [0, 0.1) is 0 Å². The molecule has 3 heterocycles. The number of hydrogen-bond donors (Lipinski definition) is 0. The van der Waals surface area contributed by atoms with Gasteiger partial charge in [-0.3, -0.25) is 4.98 Å². The zero-order valence-electron chi connectivity index (χ0n) is 10.8. The van der Waals surface area contributed by atoms with Crippen molar-refractivity contribution in [2.75, 3.05) is 13.2 Å². The second-order valence-electron chi connectivity index (χ2n) is 5.19. The van der Waals surface area contributed by atoms with Gasteiger partial charge in [-0.05, 0) is 44.6 Å². The second kappa shape index (κ2) is 5.81. The van der Waals surface area contributed by atoms with E-state index in [0.29, 0.717) is 0 Å². The summed E-state index contributed by atoms with van der Waals surface area (Å²) in [5.74, 6) is 0. The normalized spacial score (nSPS) is 29.1. The Hall–Kier alpha value is -0.930. The maximum atomic E-state index is 5.90. The third-order valence-electron chi connectivity index (χ3n) is 3.88. The Kier molecular flexibility index (Phi) is 3.91. The molecule has 0 saturated carbocycles. The molecule has 0 bridgehead atoms. The van der Waals surface area contributed by atoms with E-state index in [1.165, 1.54) is 31.2 Å². The van der Waals surface area contributed by atoms with Crippen LogP contribution in [0.5, 0.6) is 0 Å². The molecule has 3 rings (SSSR count). The van der Waals surface area contributed by atoms with Crippen LogP contribution >= 0.6 is 0 Å². The van der Waals surface area contributed by atoms with Crippen molar-refractivity contribution in [1.29, 1.82) is 0 Å². The van der Waals surface area contributed by atoms with Gasteiger partial charge in [-0.15, -0.1) is 0 Å². The molecule has 2 aliphatic heterocycles. The quantitative estimate of drug-likeness (QED) is 0.800. The summed E-state index contributed by atoms with van der Waals surface area (Å²) in [6, 6.07) is 4.18. The zero-order chi connectivity index (χ0) is 12.2. The highest BCUT2D eigenvalue weighted by atomic mass is 16.5. The first-order valence-corrected chi connectivity index (χ1v) is 7.13. The van der Waals surface area contributed by atoms with Gasteiger partial charge in [-0.2, -0.15) is 0 Å². The van der Waals surface area contributed by atoms with Gasteiger partial charge in [0.25, 0.3) is 0 Å². The molecule has 0 spiro atoms. The summed E-state index contributed by atoms with van der Waals surface area (Å²) in [5, 5.41) is 0. The van der Waals surface area contributed by atoms with Gasteiger partial charge in [0.1, 0.15) is 0 Å². The lowest BCUT2D eigenvalue weighted by Crippen LogP contribution is -2.19. The molecule has 2 atom stereocenters. The first-order valence-electron chi connectivity index (χ1n) is 7.13. The molecule has 3 nitrogen and oxygen atoms in total. The minimum atomic E-state index is 0.181. The molecule has 1 aromatic heterocycles. The van der Waals surface area contributed by atoms with Gasteiger partial charge in [0.05, 0.1) is 17.9 Å². The van der Waals surface area contributed by atoms with E-state index in [4.69, 9.17) is 9.47 Å². The van der Waals surface area contributed by atoms with E-state index in [9.17, 15) is 0 Å². The summed E-state index contributed by atoms with van der Waals surface area (Å²) in [5.41, 5.74) is 2.37. The number of pyridine rings is 1. The molecule has 2 aliphatic rings. The number of aromatic nitrogens is 1. The molecule has 3 heteroatoms. The number of nitrogens with zero attached hydrogens (tertiary/aromatic N) is 1. The SMILES string of the molecule is c1cnc(C2CCCCO2)c(C2CCCCO2)c1. The molecule has 2 saturated heterocycles. The molecule has 1 aromatic rings. The van der Waals surface area contributed by atoms with E-state index in [2.05, 4.69) is 11.1 Å². The van der Waals surface area contributed by atoms with Crippen molar-refractivity contribution >= 4 is 0 Å². The van der Waals surface area contributed by atoms with E-state index < -0.39 is 0 Å². The van der Waals surface area contributed by atoms with E-state index in [1.807, 2.05) is 12.3 Å². The Labute approximate surface area is 109 Å². The van der Waals surface area contributed by atoms with Crippen molar-refractivity contribution in [3.05, 3.63) is 29.6 Å². The van der Waals surface area contributed by atoms with Crippen LogP contribution in [0.4, 0.5) is 0 Å². The van der Waals surface area contributed by atoms with Crippen molar-refractivity contribution in [2.24, 2.45) is 0 Å². The highest BCUT2D eigenvalue weighted by Crippen LogP contribution is 2.35. The Bertz CT molecular complexity index is 345. The number of ether oxygens (including phenoxy) is 2. The van der Waals surface area contributed by atoms with Gasteiger partial charge in [-0.25, -0.2) is 0 Å². The van der Waals surface area contributed by atoms with Crippen LogP contribution in [-0.2, 0) is 9.47 Å². The molecule has 0 N–H and O–H groups in total. The zero-order valence-corrected chi connectivity index (χ0v) is 10.8. The summed E-state index contributed by atoms with van der Waals surface area (Å²) < 4.78 is 11.8. The average Bonchev–Trinajstić information content (AvgIpc) is 2.49. The first-order chi connectivity index (χ1) is 8.95. The fraction of sp³-hybridized carbons (Fsp3) is 0.667. The molecule has 0 radical (unpaired) electrons. The van der Waals surface area contributed by atoms with Crippen LogP contribution in [0.3, 0.4) is 0 Å². The van der Waals surface area contributed by atoms with E-state index in [0.717, 1.165) is 31.7 Å². The van der Waals surface area contributed by atoms with Crippen LogP contribution in [0.25, 0.3) is 0 Å². The Morgan fingerprint density at radius 2 is 1.67 bits per heavy atom. The Balaban J connectivity index is 1.83. The predicted octanol–water partition coefficient (Wildman–Crippen LogP) is 3.56. The standard InChI is InChI=1S/C15H21NO2/c1-3-10-17-13(7-1)12-6-5-9-16-15(12)14-8-2-4-11-18-14/h5-6,9,13-14H,1-4,7-8,10-11H2. The summed E-state index contributed by atoms with van der Waals surface area (Å²) in [6.07, 6.45) is 9.36. The van der Waals surface area contributed by atoms with Gasteiger partial charge in [0.15, 0.2) is 0 Å². The number of rotatable bonds is 2. The first kappa shape index (κ1) is 12.1. The van der Waals surface area contributed by atoms with Crippen LogP contribution in [-0.4, -0.2) is 18.2 Å². The van der Waals surface area contributed by atoms with Gasteiger partial charge >= 0.3 is 0 Å². The Morgan fingerprint density at radius 3 is 2.33 bits per heavy atom. The van der Waals surface area contributed by atoms with Gasteiger partial charge in [0, 0.05) is 25.0 Å². The molecule has 18 heavy (non-hydrogen) atoms. The molecular weight excluding hydrogens is 226 g/mol. The highest BCUT2D eigenvalue weighted by Gasteiger charge is 2.25. The second-order valence-corrected chi connectivity index (χ2v) is 5.19. The van der Waals surface area contributed by atoms with Gasteiger partial charge < -0.3 is 9.47 Å². The molecule has 2 fully saturated rings. The topological polar surface area (TPSA) is 31.4 Å². The fourth-order valence-corrected chi connectivity index (χ4v) is 2.91. The van der Waals surface area contributed by atoms with Crippen LogP contribution in [0.15, 0.2) is 18.3 Å². The summed E-state index contributed by atoms with van der Waals surface area (Å²) in [6.45, 7) is 1.75. The summed E-state index contributed by atoms with van der Waals surface area (Å²) >= 11 is 0. The smallest absolute Gasteiger partial charge is 0.0998 e. The van der Waals surface area contributed by atoms with Crippen LogP contribution < -0.4 is 0 Å². The monoisotopic (exact) mass is 247 g/mol. The maximum Gasteiger partial charge on any atom is 0.0998 e. The lowest BCUT2D eigenvalue weighted by atomic mass is 9.95. The average molecular weight is 247 g/mol. The molecule has 0 aliphatic carbocycles. The van der Waals surface area contributed by atoms with Crippen molar-refractivity contribution in [1.82, 2.24) is 4.98 Å². The lowest BCUT2D eigenvalue weighted by Gasteiger charge is -2.28.